The number of piperazine rings is 1. The van der Waals surface area contributed by atoms with E-state index in [-0.39, 0.29) is 30.7 Å². The largest absolute Gasteiger partial charge is 0.367 e. The Hall–Kier alpha value is -2.90. The Balaban J connectivity index is 1.35. The highest BCUT2D eigenvalue weighted by Gasteiger charge is 2.35. The van der Waals surface area contributed by atoms with Crippen LogP contribution in [0.4, 0.5) is 11.4 Å². The summed E-state index contributed by atoms with van der Waals surface area (Å²) < 4.78 is 0. The maximum atomic E-state index is 12.7. The first-order valence-corrected chi connectivity index (χ1v) is 11.8. The fourth-order valence-electron chi connectivity index (χ4n) is 4.41. The standard InChI is InChI=1S/C25H29ClN4O3/c1-3-28-11-13-29(14-12-28)22-9-7-18(26)16-21(22)27-23(31)5-4-10-30-24(32)19-8-6-17(2)15-20(19)25(30)33/h6-9,15-16H,3-5,10-14H2,1-2H3,(H,27,31). The van der Waals surface area contributed by atoms with Gasteiger partial charge in [-0.3, -0.25) is 19.3 Å². The van der Waals surface area contributed by atoms with E-state index in [1.54, 1.807) is 18.2 Å². The van der Waals surface area contributed by atoms with Gasteiger partial charge in [0.25, 0.3) is 11.8 Å². The highest BCUT2D eigenvalue weighted by atomic mass is 35.5. The van der Waals surface area contributed by atoms with Crippen LogP contribution >= 0.6 is 11.6 Å². The predicted octanol–water partition coefficient (Wildman–Crippen LogP) is 3.81. The van der Waals surface area contributed by atoms with Gasteiger partial charge in [-0.1, -0.05) is 30.2 Å². The number of aryl methyl sites for hydroxylation is 1. The Labute approximate surface area is 199 Å². The maximum Gasteiger partial charge on any atom is 0.261 e. The molecule has 0 spiro atoms. The number of rotatable bonds is 7. The second-order valence-electron chi connectivity index (χ2n) is 8.55. The highest BCUT2D eigenvalue weighted by Crippen LogP contribution is 2.30. The molecule has 0 bridgehead atoms. The van der Waals surface area contributed by atoms with Crippen LogP contribution in [0.1, 0.15) is 46.0 Å². The third-order valence-electron chi connectivity index (χ3n) is 6.30. The van der Waals surface area contributed by atoms with Crippen molar-refractivity contribution in [1.29, 1.82) is 0 Å². The van der Waals surface area contributed by atoms with Gasteiger partial charge in [0, 0.05) is 44.2 Å². The molecule has 33 heavy (non-hydrogen) atoms. The molecule has 2 aromatic rings. The van der Waals surface area contributed by atoms with Crippen LogP contribution in [-0.4, -0.2) is 66.8 Å². The van der Waals surface area contributed by atoms with Gasteiger partial charge in [0.15, 0.2) is 0 Å². The number of likely N-dealkylation sites (N-methyl/N-ethyl adjacent to an activating group) is 1. The van der Waals surface area contributed by atoms with E-state index in [1.807, 2.05) is 25.1 Å². The fraction of sp³-hybridized carbons (Fsp3) is 0.400. The zero-order chi connectivity index (χ0) is 23.5. The lowest BCUT2D eigenvalue weighted by atomic mass is 10.1. The minimum atomic E-state index is -0.293. The molecular formula is C25H29ClN4O3. The second-order valence-corrected chi connectivity index (χ2v) is 8.98. The Morgan fingerprint density at radius 3 is 2.45 bits per heavy atom. The zero-order valence-electron chi connectivity index (χ0n) is 19.1. The summed E-state index contributed by atoms with van der Waals surface area (Å²) in [7, 11) is 0. The molecule has 0 aromatic heterocycles. The van der Waals surface area contributed by atoms with E-state index in [4.69, 9.17) is 11.6 Å². The number of anilines is 2. The van der Waals surface area contributed by atoms with Gasteiger partial charge in [-0.2, -0.15) is 0 Å². The molecule has 1 N–H and O–H groups in total. The quantitative estimate of drug-likeness (QED) is 0.625. The maximum absolute atomic E-state index is 12.7. The van der Waals surface area contributed by atoms with Crippen LogP contribution in [0.5, 0.6) is 0 Å². The van der Waals surface area contributed by atoms with Gasteiger partial charge in [-0.15, -0.1) is 0 Å². The number of carbonyl (C=O) groups is 3. The Morgan fingerprint density at radius 1 is 1.00 bits per heavy atom. The molecule has 7 nitrogen and oxygen atoms in total. The molecule has 2 aliphatic rings. The molecule has 2 heterocycles. The molecule has 0 saturated carbocycles. The van der Waals surface area contributed by atoms with E-state index in [0.717, 1.165) is 44.0 Å². The van der Waals surface area contributed by atoms with Gasteiger partial charge < -0.3 is 15.1 Å². The molecule has 1 saturated heterocycles. The predicted molar refractivity (Wildman–Crippen MR) is 130 cm³/mol. The van der Waals surface area contributed by atoms with Crippen LogP contribution in [-0.2, 0) is 4.79 Å². The van der Waals surface area contributed by atoms with E-state index in [1.165, 1.54) is 4.90 Å². The first-order chi connectivity index (χ1) is 15.9. The van der Waals surface area contributed by atoms with E-state index < -0.39 is 0 Å². The number of benzene rings is 2. The summed E-state index contributed by atoms with van der Waals surface area (Å²) in [5, 5.41) is 3.54. The Morgan fingerprint density at radius 2 is 1.73 bits per heavy atom. The number of carbonyl (C=O) groups excluding carboxylic acids is 3. The number of nitrogens with zero attached hydrogens (tertiary/aromatic N) is 3. The summed E-state index contributed by atoms with van der Waals surface area (Å²) in [5.41, 5.74) is 3.45. The lowest BCUT2D eigenvalue weighted by molar-refractivity contribution is -0.116. The van der Waals surface area contributed by atoms with Crippen molar-refractivity contribution >= 4 is 40.7 Å². The van der Waals surface area contributed by atoms with Crippen LogP contribution in [0.3, 0.4) is 0 Å². The first-order valence-electron chi connectivity index (χ1n) is 11.4. The summed E-state index contributed by atoms with van der Waals surface area (Å²) in [4.78, 5) is 43.8. The van der Waals surface area contributed by atoms with Gasteiger partial charge in [0.1, 0.15) is 0 Å². The fourth-order valence-corrected chi connectivity index (χ4v) is 4.58. The monoisotopic (exact) mass is 468 g/mol. The summed E-state index contributed by atoms with van der Waals surface area (Å²) in [6, 6.07) is 10.8. The molecule has 0 atom stereocenters. The smallest absolute Gasteiger partial charge is 0.261 e. The van der Waals surface area contributed by atoms with E-state index >= 15 is 0 Å². The lowest BCUT2D eigenvalue weighted by Crippen LogP contribution is -2.46. The first kappa shape index (κ1) is 23.3. The molecule has 0 unspecified atom stereocenters. The number of halogens is 1. The molecule has 1 fully saturated rings. The average molecular weight is 469 g/mol. The average Bonchev–Trinajstić information content (AvgIpc) is 3.03. The molecule has 4 rings (SSSR count). The molecule has 2 aromatic carbocycles. The number of fused-ring (bicyclic) bond motifs is 1. The van der Waals surface area contributed by atoms with E-state index in [2.05, 4.69) is 22.0 Å². The normalized spacial score (nSPS) is 16.3. The van der Waals surface area contributed by atoms with Crippen molar-refractivity contribution in [2.24, 2.45) is 0 Å². The van der Waals surface area contributed by atoms with E-state index in [9.17, 15) is 14.4 Å². The molecule has 3 amide bonds. The Bertz CT molecular complexity index is 1080. The van der Waals surface area contributed by atoms with Gasteiger partial charge in [0.05, 0.1) is 22.5 Å². The Kier molecular flexibility index (Phi) is 7.00. The number of hydrogen-bond donors (Lipinski definition) is 1. The zero-order valence-corrected chi connectivity index (χ0v) is 19.8. The van der Waals surface area contributed by atoms with Crippen LogP contribution < -0.4 is 10.2 Å². The SMILES string of the molecule is CCN1CCN(c2ccc(Cl)cc2NC(=O)CCCN2C(=O)c3ccc(C)cc3C2=O)CC1. The summed E-state index contributed by atoms with van der Waals surface area (Å²) in [6.07, 6.45) is 0.587. The van der Waals surface area contributed by atoms with E-state index in [0.29, 0.717) is 28.3 Å². The summed E-state index contributed by atoms with van der Waals surface area (Å²) >= 11 is 6.20. The minimum Gasteiger partial charge on any atom is -0.367 e. The van der Waals surface area contributed by atoms with Crippen molar-refractivity contribution in [2.75, 3.05) is 49.5 Å². The minimum absolute atomic E-state index is 0.168. The number of nitrogens with one attached hydrogen (secondary N) is 1. The van der Waals surface area contributed by atoms with Crippen molar-refractivity contribution in [3.63, 3.8) is 0 Å². The van der Waals surface area contributed by atoms with Crippen molar-refractivity contribution in [2.45, 2.75) is 26.7 Å². The second kappa shape index (κ2) is 9.93. The molecular weight excluding hydrogens is 440 g/mol. The third-order valence-corrected chi connectivity index (χ3v) is 6.54. The molecule has 0 radical (unpaired) electrons. The molecule has 2 aliphatic heterocycles. The molecule has 8 heteroatoms. The van der Waals surface area contributed by atoms with Crippen molar-refractivity contribution in [1.82, 2.24) is 9.80 Å². The topological polar surface area (TPSA) is 73.0 Å². The van der Waals surface area contributed by atoms with Crippen LogP contribution in [0.25, 0.3) is 0 Å². The van der Waals surface area contributed by atoms with Gasteiger partial charge in [-0.05, 0) is 50.2 Å². The number of amides is 3. The van der Waals surface area contributed by atoms with Crippen molar-refractivity contribution in [3.05, 3.63) is 58.1 Å². The van der Waals surface area contributed by atoms with Gasteiger partial charge in [0.2, 0.25) is 5.91 Å². The molecule has 0 aliphatic carbocycles. The van der Waals surface area contributed by atoms with Crippen LogP contribution in [0.15, 0.2) is 36.4 Å². The number of hydrogen-bond acceptors (Lipinski definition) is 5. The summed E-state index contributed by atoms with van der Waals surface area (Å²) in [5.74, 6) is -0.751. The van der Waals surface area contributed by atoms with Crippen LogP contribution in [0.2, 0.25) is 5.02 Å². The number of imide groups is 1. The van der Waals surface area contributed by atoms with Gasteiger partial charge >= 0.3 is 0 Å². The van der Waals surface area contributed by atoms with Crippen molar-refractivity contribution < 1.29 is 14.4 Å². The van der Waals surface area contributed by atoms with Crippen molar-refractivity contribution in [3.8, 4) is 0 Å². The lowest BCUT2D eigenvalue weighted by Gasteiger charge is -2.36. The molecule has 174 valence electrons. The summed E-state index contributed by atoms with van der Waals surface area (Å²) in [6.45, 7) is 9.02. The van der Waals surface area contributed by atoms with Gasteiger partial charge in [-0.25, -0.2) is 0 Å². The highest BCUT2D eigenvalue weighted by molar-refractivity contribution is 6.31. The van der Waals surface area contributed by atoms with Crippen LogP contribution in [0, 0.1) is 6.92 Å². The third kappa shape index (κ3) is 5.04.